The van der Waals surface area contributed by atoms with E-state index in [1.807, 2.05) is 0 Å². The highest BCUT2D eigenvalue weighted by Gasteiger charge is 2.30. The van der Waals surface area contributed by atoms with Gasteiger partial charge in [-0.3, -0.25) is 24.4 Å². The van der Waals surface area contributed by atoms with E-state index in [0.29, 0.717) is 35.9 Å². The average Bonchev–Trinajstić information content (AvgIpc) is 3.30. The van der Waals surface area contributed by atoms with Gasteiger partial charge in [-0.1, -0.05) is 23.7 Å². The monoisotopic (exact) mass is 433 g/mol. The number of hydrogen-bond acceptors (Lipinski definition) is 6. The Morgan fingerprint density at radius 3 is 2.67 bits per heavy atom. The summed E-state index contributed by atoms with van der Waals surface area (Å²) in [6, 6.07) is 5.80. The smallest absolute Gasteiger partial charge is 0.310 e. The van der Waals surface area contributed by atoms with Gasteiger partial charge in [0.15, 0.2) is 12.4 Å². The fraction of sp³-hybridized carbons (Fsp3) is 0.316. The molecular formula is C19H20ClN5O5. The van der Waals surface area contributed by atoms with Crippen molar-refractivity contribution >= 4 is 35.2 Å². The summed E-state index contributed by atoms with van der Waals surface area (Å²) in [5.41, 5.74) is 1.08. The number of amides is 2. The van der Waals surface area contributed by atoms with Gasteiger partial charge in [0.25, 0.3) is 11.8 Å². The lowest BCUT2D eigenvalue weighted by Gasteiger charge is -2.26. The molecule has 10 nitrogen and oxygen atoms in total. The van der Waals surface area contributed by atoms with E-state index in [0.717, 1.165) is 0 Å². The molecule has 0 N–H and O–H groups in total. The first-order valence-electron chi connectivity index (χ1n) is 9.14. The number of nitrogens with zero attached hydrogens (tertiary/aromatic N) is 5. The predicted octanol–water partition coefficient (Wildman–Crippen LogP) is 2.36. The maximum Gasteiger partial charge on any atom is 0.310 e. The zero-order chi connectivity index (χ0) is 21.8. The number of nitro groups is 1. The van der Waals surface area contributed by atoms with Crippen LogP contribution in [0.3, 0.4) is 0 Å². The zero-order valence-electron chi connectivity index (χ0n) is 16.4. The lowest BCUT2D eigenvalue weighted by molar-refractivity contribution is -0.385. The molecule has 11 heteroatoms. The van der Waals surface area contributed by atoms with E-state index in [4.69, 9.17) is 16.3 Å². The van der Waals surface area contributed by atoms with Crippen LogP contribution in [0.5, 0.6) is 5.75 Å². The molecule has 1 aromatic carbocycles. The van der Waals surface area contributed by atoms with E-state index in [9.17, 15) is 19.7 Å². The highest BCUT2D eigenvalue weighted by molar-refractivity contribution is 6.31. The van der Waals surface area contributed by atoms with E-state index in [-0.39, 0.29) is 17.3 Å². The molecule has 1 aliphatic rings. The van der Waals surface area contributed by atoms with E-state index in [2.05, 4.69) is 5.10 Å². The number of aromatic nitrogens is 2. The van der Waals surface area contributed by atoms with Crippen LogP contribution >= 0.6 is 11.6 Å². The number of carbonyl (C=O) groups is 2. The fourth-order valence-corrected chi connectivity index (χ4v) is 3.36. The van der Waals surface area contributed by atoms with Gasteiger partial charge in [-0.05, 0) is 25.5 Å². The second-order valence-corrected chi connectivity index (χ2v) is 6.95. The molecule has 2 heterocycles. The van der Waals surface area contributed by atoms with Crippen molar-refractivity contribution in [2.24, 2.45) is 7.05 Å². The van der Waals surface area contributed by atoms with Crippen molar-refractivity contribution < 1.29 is 19.2 Å². The maximum absolute atomic E-state index is 12.6. The number of nitro benzene ring substituents is 1. The molecule has 1 aromatic heterocycles. The lowest BCUT2D eigenvalue weighted by atomic mass is 10.2. The Balaban J connectivity index is 1.66. The van der Waals surface area contributed by atoms with Gasteiger partial charge in [-0.2, -0.15) is 5.10 Å². The third kappa shape index (κ3) is 4.43. The molecule has 1 fully saturated rings. The van der Waals surface area contributed by atoms with Crippen LogP contribution in [0.4, 0.5) is 5.69 Å². The van der Waals surface area contributed by atoms with Gasteiger partial charge in [0, 0.05) is 37.8 Å². The molecule has 2 amide bonds. The molecule has 1 saturated heterocycles. The lowest BCUT2D eigenvalue weighted by Crippen LogP contribution is -2.46. The largest absolute Gasteiger partial charge is 0.477 e. The maximum atomic E-state index is 12.6. The summed E-state index contributed by atoms with van der Waals surface area (Å²) < 4.78 is 6.85. The number of aryl methyl sites for hydroxylation is 2. The average molecular weight is 434 g/mol. The van der Waals surface area contributed by atoms with Crippen molar-refractivity contribution in [3.05, 3.63) is 56.9 Å². The molecule has 0 radical (unpaired) electrons. The number of ether oxygens (including phenoxy) is 1. The van der Waals surface area contributed by atoms with Crippen molar-refractivity contribution in [1.82, 2.24) is 19.8 Å². The molecule has 0 aliphatic carbocycles. The van der Waals surface area contributed by atoms with Crippen LogP contribution in [-0.4, -0.2) is 56.2 Å². The first-order valence-corrected chi connectivity index (χ1v) is 9.52. The van der Waals surface area contributed by atoms with Crippen LogP contribution < -0.4 is 4.74 Å². The molecule has 3 rings (SSSR count). The fourth-order valence-electron chi connectivity index (χ4n) is 3.12. The number of hydrogen-bond donors (Lipinski definition) is 0. The molecule has 2 aromatic rings. The Labute approximate surface area is 177 Å². The summed E-state index contributed by atoms with van der Waals surface area (Å²) in [5.74, 6) is -0.858. The van der Waals surface area contributed by atoms with E-state index >= 15 is 0 Å². The number of hydrazine groups is 1. The SMILES string of the molecule is Cc1nn(C)c(Cl)c1/C=C/C(=O)N1CCCN1C(=O)COc1ccccc1[N+](=O)[O-]. The second-order valence-electron chi connectivity index (χ2n) is 6.59. The van der Waals surface area contributed by atoms with Gasteiger partial charge in [-0.15, -0.1) is 0 Å². The number of rotatable bonds is 6. The number of para-hydroxylation sites is 2. The normalized spacial score (nSPS) is 13.8. The Morgan fingerprint density at radius 1 is 1.30 bits per heavy atom. The molecule has 0 bridgehead atoms. The first kappa shape index (κ1) is 21.3. The van der Waals surface area contributed by atoms with Crippen molar-refractivity contribution in [3.63, 3.8) is 0 Å². The summed E-state index contributed by atoms with van der Waals surface area (Å²) >= 11 is 6.17. The first-order chi connectivity index (χ1) is 14.3. The number of benzene rings is 1. The van der Waals surface area contributed by atoms with Gasteiger partial charge in [-0.25, -0.2) is 10.0 Å². The van der Waals surface area contributed by atoms with Crippen LogP contribution in [0.25, 0.3) is 6.08 Å². The van der Waals surface area contributed by atoms with Crippen LogP contribution in [0.2, 0.25) is 5.15 Å². The van der Waals surface area contributed by atoms with Crippen LogP contribution in [0.15, 0.2) is 30.3 Å². The highest BCUT2D eigenvalue weighted by Crippen LogP contribution is 2.26. The summed E-state index contributed by atoms with van der Waals surface area (Å²) in [4.78, 5) is 35.7. The number of carbonyl (C=O) groups excluding carboxylic acids is 2. The van der Waals surface area contributed by atoms with Crippen molar-refractivity contribution in [3.8, 4) is 5.75 Å². The Kier molecular flexibility index (Phi) is 6.36. The molecule has 0 atom stereocenters. The summed E-state index contributed by atoms with van der Waals surface area (Å²) in [7, 11) is 1.70. The van der Waals surface area contributed by atoms with Gasteiger partial charge in [0.1, 0.15) is 5.15 Å². The minimum absolute atomic E-state index is 0.00508. The minimum atomic E-state index is -0.582. The molecule has 0 saturated carbocycles. The zero-order valence-corrected chi connectivity index (χ0v) is 17.2. The van der Waals surface area contributed by atoms with Crippen LogP contribution in [0.1, 0.15) is 17.7 Å². The second kappa shape index (κ2) is 8.95. The molecule has 0 spiro atoms. The Morgan fingerprint density at radius 2 is 2.00 bits per heavy atom. The van der Waals surface area contributed by atoms with Crippen molar-refractivity contribution in [2.45, 2.75) is 13.3 Å². The quantitative estimate of drug-likeness (QED) is 0.393. The van der Waals surface area contributed by atoms with Gasteiger partial charge in [0.2, 0.25) is 0 Å². The topological polar surface area (TPSA) is 111 Å². The van der Waals surface area contributed by atoms with Gasteiger partial charge in [0.05, 0.1) is 10.6 Å². The minimum Gasteiger partial charge on any atom is -0.477 e. The molecule has 0 unspecified atom stereocenters. The molecular weight excluding hydrogens is 414 g/mol. The van der Waals surface area contributed by atoms with E-state index in [1.54, 1.807) is 26.1 Å². The van der Waals surface area contributed by atoms with Gasteiger partial charge < -0.3 is 4.74 Å². The highest BCUT2D eigenvalue weighted by atomic mass is 35.5. The van der Waals surface area contributed by atoms with Crippen molar-refractivity contribution in [2.75, 3.05) is 19.7 Å². The van der Waals surface area contributed by atoms with E-state index in [1.165, 1.54) is 39.0 Å². The standard InChI is InChI=1S/C19H20ClN5O5/c1-13-14(19(20)22(2)21-13)8-9-17(26)23-10-5-11-24(23)18(27)12-30-16-7-4-3-6-15(16)25(28)29/h3-4,6-9H,5,10-12H2,1-2H3/b9-8+. The summed E-state index contributed by atoms with van der Waals surface area (Å²) in [6.45, 7) is 2.08. The summed E-state index contributed by atoms with van der Waals surface area (Å²) in [6.07, 6.45) is 3.52. The van der Waals surface area contributed by atoms with Crippen LogP contribution in [-0.2, 0) is 16.6 Å². The van der Waals surface area contributed by atoms with Crippen LogP contribution in [0, 0.1) is 17.0 Å². The summed E-state index contributed by atoms with van der Waals surface area (Å²) in [5, 5.41) is 18.3. The number of halogens is 1. The Hall–Kier alpha value is -3.40. The third-order valence-electron chi connectivity index (χ3n) is 4.58. The Bertz CT molecular complexity index is 1020. The third-order valence-corrected chi connectivity index (χ3v) is 5.02. The van der Waals surface area contributed by atoms with E-state index < -0.39 is 17.4 Å². The predicted molar refractivity (Wildman–Crippen MR) is 109 cm³/mol. The van der Waals surface area contributed by atoms with Gasteiger partial charge >= 0.3 is 5.69 Å². The molecule has 1 aliphatic heterocycles. The van der Waals surface area contributed by atoms with Crippen molar-refractivity contribution in [1.29, 1.82) is 0 Å². The molecule has 158 valence electrons. The molecule has 30 heavy (non-hydrogen) atoms.